The van der Waals surface area contributed by atoms with Crippen LogP contribution in [0, 0.1) is 0 Å². The molecule has 0 aliphatic rings. The second kappa shape index (κ2) is 6.47. The molecule has 1 aromatic carbocycles. The second-order valence-electron chi connectivity index (χ2n) is 3.86. The Hall–Kier alpha value is -0.960. The third-order valence-corrected chi connectivity index (χ3v) is 5.02. The number of benzene rings is 1. The highest BCUT2D eigenvalue weighted by Gasteiger charge is 2.22. The van der Waals surface area contributed by atoms with Crippen molar-refractivity contribution < 1.29 is 23.4 Å². The minimum atomic E-state index is -3.89. The minimum absolute atomic E-state index is 0.124. The Morgan fingerprint density at radius 1 is 1.47 bits per heavy atom. The van der Waals surface area contributed by atoms with Crippen LogP contribution in [-0.2, 0) is 10.0 Å². The summed E-state index contributed by atoms with van der Waals surface area (Å²) < 4.78 is 26.8. The van der Waals surface area contributed by atoms with Crippen LogP contribution in [0.4, 0.5) is 0 Å². The summed E-state index contributed by atoms with van der Waals surface area (Å²) in [5, 5.41) is 17.9. The first-order valence-corrected chi connectivity index (χ1v) is 7.75. The number of aliphatic hydroxyl groups is 1. The molecule has 19 heavy (non-hydrogen) atoms. The third kappa shape index (κ3) is 4.00. The lowest BCUT2D eigenvalue weighted by Crippen LogP contribution is -2.37. The normalized spacial score (nSPS) is 13.2. The molecule has 0 fully saturated rings. The number of hydrogen-bond acceptors (Lipinski definition) is 4. The third-order valence-electron chi connectivity index (χ3n) is 2.50. The van der Waals surface area contributed by atoms with Crippen LogP contribution in [0.1, 0.15) is 23.7 Å². The lowest BCUT2D eigenvalue weighted by Gasteiger charge is -2.15. The van der Waals surface area contributed by atoms with Gasteiger partial charge in [0.05, 0.1) is 17.1 Å². The van der Waals surface area contributed by atoms with E-state index in [2.05, 4.69) is 20.7 Å². The molecule has 0 aliphatic heterocycles. The maximum absolute atomic E-state index is 12.1. The van der Waals surface area contributed by atoms with Gasteiger partial charge >= 0.3 is 5.97 Å². The predicted octanol–water partition coefficient (Wildman–Crippen LogP) is 1.20. The Kier molecular flexibility index (Phi) is 5.48. The van der Waals surface area contributed by atoms with Crippen LogP contribution in [0.3, 0.4) is 0 Å². The first-order valence-electron chi connectivity index (χ1n) is 5.47. The molecule has 1 rings (SSSR count). The molecule has 6 nitrogen and oxygen atoms in total. The monoisotopic (exact) mass is 351 g/mol. The number of carbonyl (C=O) groups is 1. The molecule has 3 N–H and O–H groups in total. The van der Waals surface area contributed by atoms with E-state index in [0.717, 1.165) is 6.07 Å². The van der Waals surface area contributed by atoms with E-state index in [4.69, 9.17) is 10.2 Å². The standard InChI is InChI=1S/C11H14BrNO5S/c1-2-8(6-14)13-19(17,18)10-5-7(11(15)16)3-4-9(10)12/h3-5,8,13-14H,2,6H2,1H3,(H,15,16)/t8-/m1/s1. The van der Waals surface area contributed by atoms with Crippen molar-refractivity contribution in [1.29, 1.82) is 0 Å². The summed E-state index contributed by atoms with van der Waals surface area (Å²) in [6.45, 7) is 1.40. The zero-order valence-corrected chi connectivity index (χ0v) is 12.5. The molecule has 0 heterocycles. The van der Waals surface area contributed by atoms with Gasteiger partial charge in [-0.2, -0.15) is 0 Å². The Labute approximate surface area is 119 Å². The van der Waals surface area contributed by atoms with E-state index in [-0.39, 0.29) is 21.5 Å². The number of carboxylic acid groups (broad SMARTS) is 1. The summed E-state index contributed by atoms with van der Waals surface area (Å²) in [7, 11) is -3.89. The Morgan fingerprint density at radius 2 is 2.11 bits per heavy atom. The average Bonchev–Trinajstić information content (AvgIpc) is 2.35. The molecule has 0 radical (unpaired) electrons. The molecule has 8 heteroatoms. The summed E-state index contributed by atoms with van der Waals surface area (Å²) in [5.74, 6) is -1.21. The zero-order chi connectivity index (χ0) is 14.6. The second-order valence-corrected chi connectivity index (χ2v) is 6.40. The van der Waals surface area contributed by atoms with Crippen molar-refractivity contribution >= 4 is 31.9 Å². The molecular formula is C11H14BrNO5S. The first kappa shape index (κ1) is 16.1. The van der Waals surface area contributed by atoms with Gasteiger partial charge in [0.15, 0.2) is 0 Å². The van der Waals surface area contributed by atoms with Gasteiger partial charge in [0.25, 0.3) is 0 Å². The number of carboxylic acids is 1. The van der Waals surface area contributed by atoms with E-state index >= 15 is 0 Å². The largest absolute Gasteiger partial charge is 0.478 e. The van der Waals surface area contributed by atoms with Crippen molar-refractivity contribution in [2.45, 2.75) is 24.3 Å². The maximum Gasteiger partial charge on any atom is 0.335 e. The molecular weight excluding hydrogens is 338 g/mol. The Balaban J connectivity index is 3.20. The van der Waals surface area contributed by atoms with E-state index < -0.39 is 22.0 Å². The van der Waals surface area contributed by atoms with Crippen molar-refractivity contribution in [2.75, 3.05) is 6.61 Å². The van der Waals surface area contributed by atoms with E-state index in [1.54, 1.807) is 6.92 Å². The number of aromatic carboxylic acids is 1. The van der Waals surface area contributed by atoms with Gasteiger partial charge < -0.3 is 10.2 Å². The van der Waals surface area contributed by atoms with E-state index in [1.165, 1.54) is 12.1 Å². The van der Waals surface area contributed by atoms with Crippen LogP contribution < -0.4 is 4.72 Å². The van der Waals surface area contributed by atoms with E-state index in [1.807, 2.05) is 0 Å². The smallest absolute Gasteiger partial charge is 0.335 e. The number of rotatable bonds is 6. The number of sulfonamides is 1. The van der Waals surface area contributed by atoms with Crippen molar-refractivity contribution in [2.24, 2.45) is 0 Å². The van der Waals surface area contributed by atoms with E-state index in [9.17, 15) is 13.2 Å². The Morgan fingerprint density at radius 3 is 2.58 bits per heavy atom. The number of hydrogen-bond donors (Lipinski definition) is 3. The fourth-order valence-corrected chi connectivity index (χ4v) is 3.67. The van der Waals surface area contributed by atoms with Gasteiger partial charge in [0.1, 0.15) is 0 Å². The maximum atomic E-state index is 12.1. The van der Waals surface area contributed by atoms with Crippen LogP contribution >= 0.6 is 15.9 Å². The van der Waals surface area contributed by atoms with Crippen LogP contribution in [0.5, 0.6) is 0 Å². The molecule has 0 saturated carbocycles. The van der Waals surface area contributed by atoms with Crippen LogP contribution in [0.15, 0.2) is 27.6 Å². The molecule has 106 valence electrons. The van der Waals surface area contributed by atoms with Crippen molar-refractivity contribution in [1.82, 2.24) is 4.72 Å². The molecule has 0 amide bonds. The summed E-state index contributed by atoms with van der Waals surface area (Å²) in [6.07, 6.45) is 0.423. The highest BCUT2D eigenvalue weighted by molar-refractivity contribution is 9.10. The van der Waals surface area contributed by atoms with Crippen molar-refractivity contribution in [3.63, 3.8) is 0 Å². The summed E-state index contributed by atoms with van der Waals surface area (Å²) in [4.78, 5) is 10.7. The first-order chi connectivity index (χ1) is 8.81. The molecule has 0 spiro atoms. The van der Waals surface area contributed by atoms with Gasteiger partial charge in [-0.25, -0.2) is 17.9 Å². The lowest BCUT2D eigenvalue weighted by atomic mass is 10.2. The molecule has 0 saturated heterocycles. The number of nitrogens with one attached hydrogen (secondary N) is 1. The number of aliphatic hydroxyl groups excluding tert-OH is 1. The highest BCUT2D eigenvalue weighted by atomic mass is 79.9. The zero-order valence-electron chi connectivity index (χ0n) is 10.1. The van der Waals surface area contributed by atoms with Crippen molar-refractivity contribution in [3.05, 3.63) is 28.2 Å². The molecule has 0 aliphatic carbocycles. The van der Waals surface area contributed by atoms with Gasteiger partial charge in [-0.15, -0.1) is 0 Å². The fourth-order valence-electron chi connectivity index (χ4n) is 1.37. The fraction of sp³-hybridized carbons (Fsp3) is 0.364. The predicted molar refractivity (Wildman–Crippen MR) is 72.6 cm³/mol. The van der Waals surface area contributed by atoms with Crippen molar-refractivity contribution in [3.8, 4) is 0 Å². The summed E-state index contributed by atoms with van der Waals surface area (Å²) in [5.41, 5.74) is -0.124. The van der Waals surface area contributed by atoms with Crippen LogP contribution in [-0.4, -0.2) is 37.2 Å². The van der Waals surface area contributed by atoms with Gasteiger partial charge in [0.2, 0.25) is 10.0 Å². The molecule has 1 aromatic rings. The highest BCUT2D eigenvalue weighted by Crippen LogP contribution is 2.23. The molecule has 0 aromatic heterocycles. The topological polar surface area (TPSA) is 104 Å². The minimum Gasteiger partial charge on any atom is -0.478 e. The van der Waals surface area contributed by atoms with Gasteiger partial charge in [-0.3, -0.25) is 0 Å². The summed E-state index contributed by atoms with van der Waals surface area (Å²) in [6, 6.07) is 3.12. The Bertz CT molecular complexity index is 568. The molecule has 0 bridgehead atoms. The SMILES string of the molecule is CC[C@H](CO)NS(=O)(=O)c1cc(C(=O)O)ccc1Br. The van der Waals surface area contributed by atoms with Gasteiger partial charge in [-0.1, -0.05) is 6.92 Å². The van der Waals surface area contributed by atoms with E-state index in [0.29, 0.717) is 6.42 Å². The van der Waals surface area contributed by atoms with Gasteiger partial charge in [0, 0.05) is 10.5 Å². The number of halogens is 1. The van der Waals surface area contributed by atoms with Gasteiger partial charge in [-0.05, 0) is 40.5 Å². The van der Waals surface area contributed by atoms with Crippen LogP contribution in [0.25, 0.3) is 0 Å². The quantitative estimate of drug-likeness (QED) is 0.714. The summed E-state index contributed by atoms with van der Waals surface area (Å²) >= 11 is 3.07. The average molecular weight is 352 g/mol. The molecule has 0 unspecified atom stereocenters. The molecule has 1 atom stereocenters. The lowest BCUT2D eigenvalue weighted by molar-refractivity contribution is 0.0696. The van der Waals surface area contributed by atoms with Crippen LogP contribution in [0.2, 0.25) is 0 Å².